The lowest BCUT2D eigenvalue weighted by molar-refractivity contribution is 0.795. The van der Waals surface area contributed by atoms with E-state index in [9.17, 15) is 0 Å². The molecule has 38 heavy (non-hydrogen) atoms. The molecule has 0 saturated carbocycles. The van der Waals surface area contributed by atoms with Crippen LogP contribution >= 0.6 is 11.3 Å². The first-order valence-corrected chi connectivity index (χ1v) is 13.3. The largest absolute Gasteiger partial charge is 0.380 e. The summed E-state index contributed by atoms with van der Waals surface area (Å²) in [5.41, 5.74) is 4.95. The summed E-state index contributed by atoms with van der Waals surface area (Å²) in [6, 6.07) is 20.9. The highest BCUT2D eigenvalue weighted by Gasteiger charge is 2.21. The Bertz CT molecular complexity index is 2020. The molecule has 1 N–H and O–H groups in total. The van der Waals surface area contributed by atoms with Crippen LogP contribution in [-0.4, -0.2) is 30.5 Å². The number of benzene rings is 2. The number of para-hydroxylation sites is 2. The third-order valence-corrected chi connectivity index (χ3v) is 7.91. The van der Waals surface area contributed by atoms with Crippen LogP contribution in [0.3, 0.4) is 0 Å². The number of nitrogens with one attached hydrogen (secondary N) is 1. The minimum atomic E-state index is 0.161. The fourth-order valence-electron chi connectivity index (χ4n) is 5.18. The number of fused-ring (bicyclic) bond motifs is 5. The average molecular weight is 509 g/mol. The van der Waals surface area contributed by atoms with E-state index in [-0.39, 0.29) is 6.04 Å². The number of thiophene rings is 1. The molecule has 8 rings (SSSR count). The molecular weight excluding hydrogens is 488 g/mol. The van der Waals surface area contributed by atoms with Crippen LogP contribution in [0.1, 0.15) is 5.82 Å². The number of aromatic nitrogens is 5. The van der Waals surface area contributed by atoms with Crippen LogP contribution in [0.2, 0.25) is 0 Å². The van der Waals surface area contributed by atoms with Gasteiger partial charge in [-0.25, -0.2) is 4.98 Å². The molecular formula is C31H20N6S. The number of hydrogen-bond acceptors (Lipinski definition) is 6. The van der Waals surface area contributed by atoms with Gasteiger partial charge in [-0.1, -0.05) is 60.7 Å². The molecule has 5 heterocycles. The number of rotatable bonds is 3. The molecule has 0 radical (unpaired) electrons. The molecule has 0 saturated heterocycles. The molecule has 4 aromatic heterocycles. The summed E-state index contributed by atoms with van der Waals surface area (Å²) in [4.78, 5) is 20.8. The molecule has 6 aromatic rings. The Morgan fingerprint density at radius 1 is 0.868 bits per heavy atom. The zero-order valence-corrected chi connectivity index (χ0v) is 20.9. The first-order valence-electron chi connectivity index (χ1n) is 12.4. The van der Waals surface area contributed by atoms with Gasteiger partial charge in [0.2, 0.25) is 5.95 Å². The maximum atomic E-state index is 5.04. The average Bonchev–Trinajstić information content (AvgIpc) is 3.57. The molecule has 0 fully saturated rings. The molecule has 2 aromatic carbocycles. The van der Waals surface area contributed by atoms with Gasteiger partial charge >= 0.3 is 0 Å². The van der Waals surface area contributed by atoms with E-state index in [4.69, 9.17) is 15.0 Å². The van der Waals surface area contributed by atoms with Gasteiger partial charge in [0, 0.05) is 39.7 Å². The Morgan fingerprint density at radius 2 is 1.76 bits per heavy atom. The van der Waals surface area contributed by atoms with Crippen molar-refractivity contribution in [2.24, 2.45) is 0 Å². The predicted octanol–water partition coefficient (Wildman–Crippen LogP) is 6.61. The zero-order chi connectivity index (χ0) is 25.1. The molecule has 0 amide bonds. The molecule has 1 aliphatic heterocycles. The number of pyridine rings is 1. The van der Waals surface area contributed by atoms with Crippen molar-refractivity contribution >= 4 is 48.9 Å². The highest BCUT2D eigenvalue weighted by Crippen LogP contribution is 2.35. The van der Waals surface area contributed by atoms with Crippen molar-refractivity contribution in [2.45, 2.75) is 6.04 Å². The third-order valence-electron chi connectivity index (χ3n) is 7.02. The Labute approximate surface area is 222 Å². The summed E-state index contributed by atoms with van der Waals surface area (Å²) in [5, 5.41) is 9.02. The fraction of sp³-hybridized carbons (Fsp3) is 0.0323. The molecule has 1 atom stereocenters. The quantitative estimate of drug-likeness (QED) is 0.291. The normalized spacial score (nSPS) is 16.5. The molecule has 0 spiro atoms. The van der Waals surface area contributed by atoms with Crippen molar-refractivity contribution in [2.75, 3.05) is 0 Å². The van der Waals surface area contributed by atoms with E-state index in [1.807, 2.05) is 30.6 Å². The smallest absolute Gasteiger partial charge is 0.239 e. The SMILES string of the molecule is C1=CC2=CC(c3nc(-c4cnc5ccccc5c4)nc(-n4c5ccccc5c5ccsc54)n3)=CNC2C=C1. The Balaban J connectivity index is 1.38. The summed E-state index contributed by atoms with van der Waals surface area (Å²) in [7, 11) is 0. The van der Waals surface area contributed by atoms with Crippen molar-refractivity contribution in [3.8, 4) is 17.3 Å². The van der Waals surface area contributed by atoms with E-state index in [1.165, 1.54) is 16.3 Å². The minimum Gasteiger partial charge on any atom is -0.380 e. The Kier molecular flexibility index (Phi) is 4.65. The number of nitrogens with zero attached hydrogens (tertiary/aromatic N) is 5. The Hall–Kier alpha value is -4.88. The molecule has 7 heteroatoms. The van der Waals surface area contributed by atoms with Crippen molar-refractivity contribution in [1.29, 1.82) is 0 Å². The first kappa shape index (κ1) is 21.2. The van der Waals surface area contributed by atoms with E-state index in [0.29, 0.717) is 17.6 Å². The van der Waals surface area contributed by atoms with E-state index < -0.39 is 0 Å². The first-order chi connectivity index (χ1) is 18.8. The summed E-state index contributed by atoms with van der Waals surface area (Å²) < 4.78 is 2.15. The van der Waals surface area contributed by atoms with Crippen LogP contribution in [0.4, 0.5) is 0 Å². The molecule has 0 bridgehead atoms. The lowest BCUT2D eigenvalue weighted by Gasteiger charge is -2.22. The van der Waals surface area contributed by atoms with Gasteiger partial charge in [0.1, 0.15) is 4.83 Å². The zero-order valence-electron chi connectivity index (χ0n) is 20.1. The van der Waals surface area contributed by atoms with Crippen LogP contribution in [0.15, 0.2) is 114 Å². The molecule has 6 nitrogen and oxygen atoms in total. The molecule has 2 aliphatic rings. The fourth-order valence-corrected chi connectivity index (χ4v) is 6.10. The van der Waals surface area contributed by atoms with Crippen molar-refractivity contribution in [1.82, 2.24) is 29.8 Å². The summed E-state index contributed by atoms with van der Waals surface area (Å²) in [5.74, 6) is 1.79. The second-order valence-electron chi connectivity index (χ2n) is 9.32. The number of allylic oxidation sites excluding steroid dienone is 4. The lowest BCUT2D eigenvalue weighted by atomic mass is 9.97. The predicted molar refractivity (Wildman–Crippen MR) is 154 cm³/mol. The molecule has 1 unspecified atom stereocenters. The van der Waals surface area contributed by atoms with Crippen LogP contribution in [0.5, 0.6) is 0 Å². The van der Waals surface area contributed by atoms with Crippen molar-refractivity contribution in [3.05, 3.63) is 120 Å². The standard InChI is InChI=1S/C31H20N6S/c1-4-10-25-19(7-1)15-21(17-32-25)28-34-29(22-16-20-8-2-5-11-26(20)33-18-22)36-31(35-28)37-27-12-6-3-9-23(27)24-13-14-38-30(24)37/h1-18,25,32H. The summed E-state index contributed by atoms with van der Waals surface area (Å²) in [6.45, 7) is 0. The molecule has 1 aliphatic carbocycles. The van der Waals surface area contributed by atoms with E-state index in [0.717, 1.165) is 32.4 Å². The second-order valence-corrected chi connectivity index (χ2v) is 10.2. The molecule has 180 valence electrons. The maximum Gasteiger partial charge on any atom is 0.239 e. The maximum absolute atomic E-state index is 5.04. The van der Waals surface area contributed by atoms with E-state index >= 15 is 0 Å². The van der Waals surface area contributed by atoms with Crippen LogP contribution in [0, 0.1) is 0 Å². The van der Waals surface area contributed by atoms with Gasteiger partial charge in [0.05, 0.1) is 17.1 Å². The van der Waals surface area contributed by atoms with Crippen molar-refractivity contribution < 1.29 is 0 Å². The van der Waals surface area contributed by atoms with Crippen LogP contribution in [0.25, 0.3) is 54.9 Å². The Morgan fingerprint density at radius 3 is 2.76 bits per heavy atom. The van der Waals surface area contributed by atoms with Gasteiger partial charge in [-0.05, 0) is 41.3 Å². The highest BCUT2D eigenvalue weighted by molar-refractivity contribution is 7.17. The van der Waals surface area contributed by atoms with Crippen LogP contribution < -0.4 is 5.32 Å². The van der Waals surface area contributed by atoms with E-state index in [1.54, 1.807) is 11.3 Å². The van der Waals surface area contributed by atoms with Gasteiger partial charge in [-0.15, -0.1) is 11.3 Å². The van der Waals surface area contributed by atoms with Gasteiger partial charge < -0.3 is 5.32 Å². The third kappa shape index (κ3) is 3.33. The van der Waals surface area contributed by atoms with Gasteiger partial charge in [0.25, 0.3) is 0 Å². The van der Waals surface area contributed by atoms with Gasteiger partial charge in [0.15, 0.2) is 11.6 Å². The van der Waals surface area contributed by atoms with Gasteiger partial charge in [-0.3, -0.25) is 9.55 Å². The number of hydrogen-bond donors (Lipinski definition) is 1. The van der Waals surface area contributed by atoms with Crippen molar-refractivity contribution in [3.63, 3.8) is 0 Å². The summed E-state index contributed by atoms with van der Waals surface area (Å²) >= 11 is 1.69. The lowest BCUT2D eigenvalue weighted by Crippen LogP contribution is -2.28. The summed E-state index contributed by atoms with van der Waals surface area (Å²) in [6.07, 6.45) is 14.4. The minimum absolute atomic E-state index is 0.161. The van der Waals surface area contributed by atoms with E-state index in [2.05, 4.69) is 93.1 Å². The second kappa shape index (κ2) is 8.33. The topological polar surface area (TPSA) is 68.5 Å². The monoisotopic (exact) mass is 508 g/mol. The van der Waals surface area contributed by atoms with Gasteiger partial charge in [-0.2, -0.15) is 9.97 Å². The number of dihydropyridines is 1. The van der Waals surface area contributed by atoms with Crippen LogP contribution in [-0.2, 0) is 0 Å². The highest BCUT2D eigenvalue weighted by atomic mass is 32.1.